The zero-order chi connectivity index (χ0) is 23.5. The van der Waals surface area contributed by atoms with Gasteiger partial charge in [-0.05, 0) is 80.1 Å². The second-order valence-corrected chi connectivity index (χ2v) is 10.1. The summed E-state index contributed by atoms with van der Waals surface area (Å²) in [7, 11) is 2.15. The molecule has 35 heavy (non-hydrogen) atoms. The van der Waals surface area contributed by atoms with Gasteiger partial charge in [0.15, 0.2) is 0 Å². The van der Waals surface area contributed by atoms with Crippen LogP contribution in [0, 0.1) is 5.92 Å². The van der Waals surface area contributed by atoms with Gasteiger partial charge in [0.2, 0.25) is 0 Å². The van der Waals surface area contributed by atoms with E-state index >= 15 is 0 Å². The van der Waals surface area contributed by atoms with Crippen LogP contribution in [0.2, 0.25) is 0 Å². The smallest absolute Gasteiger partial charge is 0.257 e. The van der Waals surface area contributed by atoms with E-state index in [1.54, 1.807) is 12.4 Å². The highest BCUT2D eigenvalue weighted by Crippen LogP contribution is 2.59. The minimum absolute atomic E-state index is 0.173. The molecule has 176 valence electrons. The molecule has 2 atom stereocenters. The highest BCUT2D eigenvalue weighted by molar-refractivity contribution is 6.07. The van der Waals surface area contributed by atoms with E-state index < -0.39 is 0 Å². The van der Waals surface area contributed by atoms with Gasteiger partial charge in [0.05, 0.1) is 23.5 Å². The number of allylic oxidation sites excluding steroid dienone is 1. The Bertz CT molecular complexity index is 1470. The number of carbonyl (C=O) groups excluding carboxylic acids is 1. The molecule has 0 spiro atoms. The van der Waals surface area contributed by atoms with Gasteiger partial charge in [-0.15, -0.1) is 0 Å². The second kappa shape index (κ2) is 7.88. The van der Waals surface area contributed by atoms with Crippen LogP contribution >= 0.6 is 0 Å². The first-order chi connectivity index (χ1) is 17.1. The SMILES string of the molecule is CN1CCC(n2cc(NC(=O)c3cnc4[nH]cc(C5=Cc6ccncc6C6C[C@H]56)c4c3)cn2)CC1. The van der Waals surface area contributed by atoms with Crippen LogP contribution in [-0.2, 0) is 0 Å². The van der Waals surface area contributed by atoms with Crippen molar-refractivity contribution in [1.29, 1.82) is 0 Å². The molecule has 0 bridgehead atoms. The summed E-state index contributed by atoms with van der Waals surface area (Å²) in [5, 5.41) is 8.50. The third-order valence-corrected chi connectivity index (χ3v) is 7.81. The number of aromatic amines is 1. The van der Waals surface area contributed by atoms with E-state index in [0.29, 0.717) is 29.1 Å². The van der Waals surface area contributed by atoms with Crippen LogP contribution in [0.1, 0.15) is 58.3 Å². The molecule has 8 nitrogen and oxygen atoms in total. The Morgan fingerprint density at radius 2 is 2.06 bits per heavy atom. The van der Waals surface area contributed by atoms with E-state index in [-0.39, 0.29) is 5.91 Å². The predicted molar refractivity (Wildman–Crippen MR) is 135 cm³/mol. The molecule has 4 aromatic heterocycles. The van der Waals surface area contributed by atoms with E-state index in [0.717, 1.165) is 48.9 Å². The van der Waals surface area contributed by atoms with Gasteiger partial charge in [-0.2, -0.15) is 5.10 Å². The molecule has 1 unspecified atom stereocenters. The Balaban J connectivity index is 1.15. The zero-order valence-corrected chi connectivity index (χ0v) is 19.6. The van der Waals surface area contributed by atoms with Gasteiger partial charge in [0.1, 0.15) is 5.65 Å². The van der Waals surface area contributed by atoms with Crippen LogP contribution in [0.15, 0.2) is 49.3 Å². The first-order valence-electron chi connectivity index (χ1n) is 12.3. The Labute approximate surface area is 203 Å². The summed E-state index contributed by atoms with van der Waals surface area (Å²) in [6, 6.07) is 4.42. The number of carbonyl (C=O) groups is 1. The van der Waals surface area contributed by atoms with Crippen LogP contribution in [-0.4, -0.2) is 55.7 Å². The lowest BCUT2D eigenvalue weighted by atomic mass is 9.90. The molecule has 2 fully saturated rings. The molecule has 1 amide bonds. The van der Waals surface area contributed by atoms with Gasteiger partial charge in [0.25, 0.3) is 5.91 Å². The molecular weight excluding hydrogens is 438 g/mol. The second-order valence-electron chi connectivity index (χ2n) is 10.1. The number of hydrogen-bond donors (Lipinski definition) is 2. The van der Waals surface area contributed by atoms with E-state index in [4.69, 9.17) is 0 Å². The number of hydrogen-bond acceptors (Lipinski definition) is 5. The molecule has 1 saturated heterocycles. The summed E-state index contributed by atoms with van der Waals surface area (Å²) < 4.78 is 1.99. The summed E-state index contributed by atoms with van der Waals surface area (Å²) >= 11 is 0. The molecule has 1 saturated carbocycles. The number of anilines is 1. The van der Waals surface area contributed by atoms with Crippen LogP contribution in [0.4, 0.5) is 5.69 Å². The lowest BCUT2D eigenvalue weighted by Crippen LogP contribution is -2.31. The Morgan fingerprint density at radius 3 is 2.94 bits per heavy atom. The Kier molecular flexibility index (Phi) is 4.63. The van der Waals surface area contributed by atoms with E-state index in [2.05, 4.69) is 49.5 Å². The quantitative estimate of drug-likeness (QED) is 0.468. The first-order valence-corrected chi connectivity index (χ1v) is 12.3. The molecule has 7 rings (SSSR count). The molecule has 2 aliphatic carbocycles. The number of H-pyrrole nitrogens is 1. The fourth-order valence-electron chi connectivity index (χ4n) is 5.72. The average Bonchev–Trinajstić information content (AvgIpc) is 3.38. The maximum atomic E-state index is 13.1. The van der Waals surface area contributed by atoms with Crippen molar-refractivity contribution in [2.45, 2.75) is 31.2 Å². The molecule has 0 aromatic carbocycles. The Hall–Kier alpha value is -3.78. The predicted octanol–water partition coefficient (Wildman–Crippen LogP) is 4.33. The van der Waals surface area contributed by atoms with Crippen molar-refractivity contribution in [1.82, 2.24) is 29.6 Å². The van der Waals surface area contributed by atoms with Crippen molar-refractivity contribution in [3.05, 3.63) is 71.6 Å². The highest BCUT2D eigenvalue weighted by Gasteiger charge is 2.45. The number of fused-ring (bicyclic) bond motifs is 4. The average molecular weight is 466 g/mol. The fraction of sp³-hybridized carbons (Fsp3) is 0.333. The van der Waals surface area contributed by atoms with Crippen LogP contribution in [0.5, 0.6) is 0 Å². The lowest BCUT2D eigenvalue weighted by Gasteiger charge is -2.28. The number of likely N-dealkylation sites (tertiary alicyclic amines) is 1. The molecule has 1 aliphatic heterocycles. The monoisotopic (exact) mass is 465 g/mol. The number of amides is 1. The van der Waals surface area contributed by atoms with E-state index in [9.17, 15) is 4.79 Å². The fourth-order valence-corrected chi connectivity index (χ4v) is 5.72. The third-order valence-electron chi connectivity index (χ3n) is 7.81. The largest absolute Gasteiger partial charge is 0.346 e. The highest BCUT2D eigenvalue weighted by atomic mass is 16.1. The van der Waals surface area contributed by atoms with Crippen molar-refractivity contribution < 1.29 is 4.79 Å². The molecule has 4 aromatic rings. The standard InChI is InChI=1S/C27H27N7O/c1-33-6-3-19(4-7-33)34-15-18(12-31-34)32-27(35)17-9-23-25(14-30-26(23)29-11-17)20-8-16-2-5-28-13-24(16)22-10-21(20)22/h2,5,8-9,11-15,19,21-22H,3-4,6-7,10H2,1H3,(H,29,30)(H,32,35)/t21-,22?/m1/s1. The normalized spacial score (nSPS) is 21.9. The van der Waals surface area contributed by atoms with Gasteiger partial charge >= 0.3 is 0 Å². The van der Waals surface area contributed by atoms with Crippen molar-refractivity contribution >= 4 is 34.3 Å². The Morgan fingerprint density at radius 1 is 1.17 bits per heavy atom. The first kappa shape index (κ1) is 20.6. The third kappa shape index (κ3) is 3.56. The molecular formula is C27H27N7O. The summed E-state index contributed by atoms with van der Waals surface area (Å²) in [5.41, 5.74) is 7.09. The van der Waals surface area contributed by atoms with E-state index in [1.165, 1.54) is 16.7 Å². The summed E-state index contributed by atoms with van der Waals surface area (Å²) in [6.45, 7) is 2.13. The molecule has 2 N–H and O–H groups in total. The number of nitrogens with one attached hydrogen (secondary N) is 2. The van der Waals surface area contributed by atoms with Crippen LogP contribution in [0.3, 0.4) is 0 Å². The number of pyridine rings is 2. The van der Waals surface area contributed by atoms with Crippen molar-refractivity contribution in [2.24, 2.45) is 5.92 Å². The van der Waals surface area contributed by atoms with Crippen LogP contribution < -0.4 is 5.32 Å². The molecule has 0 radical (unpaired) electrons. The number of piperidine rings is 1. The number of nitrogens with zero attached hydrogens (tertiary/aromatic N) is 5. The van der Waals surface area contributed by atoms with E-state index in [1.807, 2.05) is 35.5 Å². The van der Waals surface area contributed by atoms with Gasteiger partial charge in [-0.1, -0.05) is 6.08 Å². The van der Waals surface area contributed by atoms with Crippen molar-refractivity contribution in [2.75, 3.05) is 25.5 Å². The summed E-state index contributed by atoms with van der Waals surface area (Å²) in [5.74, 6) is 0.880. The number of aromatic nitrogens is 5. The van der Waals surface area contributed by atoms with Crippen LogP contribution in [0.25, 0.3) is 22.7 Å². The molecule has 3 aliphatic rings. The summed E-state index contributed by atoms with van der Waals surface area (Å²) in [6.07, 6.45) is 16.7. The van der Waals surface area contributed by atoms with Gasteiger partial charge in [-0.3, -0.25) is 14.5 Å². The molecule has 8 heteroatoms. The molecule has 5 heterocycles. The number of rotatable bonds is 4. The minimum Gasteiger partial charge on any atom is -0.346 e. The lowest BCUT2D eigenvalue weighted by molar-refractivity contribution is 0.102. The topological polar surface area (TPSA) is 91.7 Å². The zero-order valence-electron chi connectivity index (χ0n) is 19.6. The van der Waals surface area contributed by atoms with Gasteiger partial charge < -0.3 is 15.2 Å². The van der Waals surface area contributed by atoms with Gasteiger partial charge in [-0.25, -0.2) is 4.98 Å². The maximum absolute atomic E-state index is 13.1. The van der Waals surface area contributed by atoms with Crippen molar-refractivity contribution in [3.8, 4) is 0 Å². The maximum Gasteiger partial charge on any atom is 0.257 e. The van der Waals surface area contributed by atoms with Crippen molar-refractivity contribution in [3.63, 3.8) is 0 Å². The van der Waals surface area contributed by atoms with Gasteiger partial charge in [0, 0.05) is 41.9 Å². The summed E-state index contributed by atoms with van der Waals surface area (Å²) in [4.78, 5) is 27.6. The minimum atomic E-state index is -0.173.